The van der Waals surface area contributed by atoms with E-state index in [2.05, 4.69) is 46.9 Å². The number of piperidine rings is 1. The van der Waals surface area contributed by atoms with Crippen LogP contribution in [0.3, 0.4) is 0 Å². The van der Waals surface area contributed by atoms with Crippen molar-refractivity contribution < 1.29 is 9.42 Å². The van der Waals surface area contributed by atoms with Crippen molar-refractivity contribution in [2.24, 2.45) is 0 Å². The predicted octanol–water partition coefficient (Wildman–Crippen LogP) is 3.98. The molecule has 0 amide bonds. The van der Waals surface area contributed by atoms with Crippen LogP contribution in [0.15, 0.2) is 52.4 Å². The van der Waals surface area contributed by atoms with Gasteiger partial charge in [-0.15, -0.1) is 22.7 Å². The van der Waals surface area contributed by atoms with Gasteiger partial charge in [-0.3, -0.25) is 0 Å². The van der Waals surface area contributed by atoms with Crippen molar-refractivity contribution in [3.8, 4) is 10.6 Å². The smallest absolute Gasteiger partial charge is 0.177 e. The third-order valence-electron chi connectivity index (χ3n) is 5.11. The molecule has 0 bridgehead atoms. The first kappa shape index (κ1) is 16.2. The molecule has 0 radical (unpaired) electrons. The Hall–Kier alpha value is -2.02. The van der Waals surface area contributed by atoms with Gasteiger partial charge in [0.25, 0.3) is 0 Å². The molecule has 1 aliphatic rings. The quantitative estimate of drug-likeness (QED) is 0.581. The van der Waals surface area contributed by atoms with Crippen LogP contribution in [0.1, 0.15) is 29.5 Å². The van der Waals surface area contributed by atoms with Crippen LogP contribution in [-0.4, -0.2) is 23.2 Å². The predicted molar refractivity (Wildman–Crippen MR) is 106 cm³/mol. The summed E-state index contributed by atoms with van der Waals surface area (Å²) in [5.74, 6) is 1.49. The van der Waals surface area contributed by atoms with E-state index in [0.29, 0.717) is 5.92 Å². The third kappa shape index (κ3) is 3.20. The fourth-order valence-corrected chi connectivity index (χ4v) is 5.51. The minimum absolute atomic E-state index is 0.607. The summed E-state index contributed by atoms with van der Waals surface area (Å²) in [5, 5.41) is 7.65. The number of nitrogens with zero attached hydrogens (tertiary/aromatic N) is 2. The average molecular weight is 383 g/mol. The van der Waals surface area contributed by atoms with E-state index in [4.69, 9.17) is 9.51 Å². The Morgan fingerprint density at radius 2 is 2.00 bits per heavy atom. The average Bonchev–Trinajstić information content (AvgIpc) is 3.42. The summed E-state index contributed by atoms with van der Waals surface area (Å²) in [6.07, 6.45) is 2.40. The number of thiazole rings is 1. The Bertz CT molecular complexity index is 964. The summed E-state index contributed by atoms with van der Waals surface area (Å²) in [7, 11) is 0. The minimum Gasteiger partial charge on any atom is -0.355 e. The Morgan fingerprint density at radius 3 is 2.81 bits per heavy atom. The molecule has 4 aromatic rings. The van der Waals surface area contributed by atoms with Crippen LogP contribution in [0.5, 0.6) is 0 Å². The Kier molecular flexibility index (Phi) is 4.32. The molecule has 1 fully saturated rings. The summed E-state index contributed by atoms with van der Waals surface area (Å²) >= 11 is 3.55. The first-order chi connectivity index (χ1) is 12.8. The second kappa shape index (κ2) is 6.95. The minimum atomic E-state index is 0.607. The Balaban J connectivity index is 1.22. The zero-order valence-corrected chi connectivity index (χ0v) is 16.0. The molecule has 1 aromatic carbocycles. The van der Waals surface area contributed by atoms with Gasteiger partial charge in [-0.25, -0.2) is 4.98 Å². The molecule has 4 heterocycles. The fraction of sp³-hybridized carbons (Fsp3) is 0.300. The number of aromatic nitrogens is 2. The van der Waals surface area contributed by atoms with E-state index in [1.807, 2.05) is 17.4 Å². The van der Waals surface area contributed by atoms with Crippen LogP contribution in [0, 0.1) is 0 Å². The second-order valence-corrected chi connectivity index (χ2v) is 8.89. The zero-order chi connectivity index (χ0) is 17.3. The zero-order valence-electron chi connectivity index (χ0n) is 14.4. The maximum absolute atomic E-state index is 5.51. The maximum Gasteiger partial charge on any atom is 0.177 e. The largest absolute Gasteiger partial charge is 0.355 e. The van der Waals surface area contributed by atoms with Gasteiger partial charge in [0.05, 0.1) is 33.2 Å². The number of para-hydroxylation sites is 1. The molecule has 1 N–H and O–H groups in total. The van der Waals surface area contributed by atoms with Crippen molar-refractivity contribution in [1.29, 1.82) is 0 Å². The standard InChI is InChI=1S/C20H19N3OS2/c1-2-5-18-16(4-1)21-20(26-18)14-7-9-23(10-8-14)13-15-12-17(24-22-15)19-6-3-11-25-19/h1-6,11-12,14H,7-10,13H2/p+1. The van der Waals surface area contributed by atoms with Crippen LogP contribution < -0.4 is 4.90 Å². The van der Waals surface area contributed by atoms with Gasteiger partial charge in [-0.05, 0) is 23.6 Å². The number of fused-ring (bicyclic) bond motifs is 1. The highest BCUT2D eigenvalue weighted by Gasteiger charge is 2.26. The lowest BCUT2D eigenvalue weighted by Crippen LogP contribution is -3.11. The lowest BCUT2D eigenvalue weighted by Gasteiger charge is -2.27. The number of rotatable bonds is 4. The van der Waals surface area contributed by atoms with Crippen LogP contribution in [0.4, 0.5) is 0 Å². The summed E-state index contributed by atoms with van der Waals surface area (Å²) in [6.45, 7) is 3.28. The molecular weight excluding hydrogens is 362 g/mol. The first-order valence-corrected chi connectivity index (χ1v) is 10.7. The van der Waals surface area contributed by atoms with Crippen molar-refractivity contribution in [3.63, 3.8) is 0 Å². The molecule has 0 spiro atoms. The molecule has 3 aromatic heterocycles. The lowest BCUT2D eigenvalue weighted by atomic mass is 9.97. The molecular formula is C20H20N3OS2+. The molecule has 5 rings (SSSR count). The van der Waals surface area contributed by atoms with Crippen molar-refractivity contribution in [2.45, 2.75) is 25.3 Å². The van der Waals surface area contributed by atoms with Crippen molar-refractivity contribution in [3.05, 3.63) is 58.5 Å². The van der Waals surface area contributed by atoms with E-state index in [1.54, 1.807) is 16.2 Å². The monoisotopic (exact) mass is 382 g/mol. The topological polar surface area (TPSA) is 43.4 Å². The number of hydrogen-bond acceptors (Lipinski definition) is 5. The van der Waals surface area contributed by atoms with E-state index in [-0.39, 0.29) is 0 Å². The summed E-state index contributed by atoms with van der Waals surface area (Å²) in [6, 6.07) is 14.7. The summed E-state index contributed by atoms with van der Waals surface area (Å²) in [4.78, 5) is 7.60. The van der Waals surface area contributed by atoms with E-state index in [1.165, 1.54) is 35.6 Å². The van der Waals surface area contributed by atoms with Gasteiger partial charge >= 0.3 is 0 Å². The molecule has 0 aliphatic carbocycles. The summed E-state index contributed by atoms with van der Waals surface area (Å²) < 4.78 is 6.82. The van der Waals surface area contributed by atoms with Gasteiger partial charge < -0.3 is 9.42 Å². The molecule has 0 atom stereocenters. The number of nitrogens with one attached hydrogen (secondary N) is 1. The number of likely N-dealkylation sites (tertiary alicyclic amines) is 1. The Morgan fingerprint density at radius 1 is 1.12 bits per heavy atom. The normalized spacial score (nSPS) is 20.6. The van der Waals surface area contributed by atoms with Gasteiger partial charge in [0.15, 0.2) is 5.76 Å². The molecule has 26 heavy (non-hydrogen) atoms. The van der Waals surface area contributed by atoms with Crippen molar-refractivity contribution in [2.75, 3.05) is 13.1 Å². The first-order valence-electron chi connectivity index (χ1n) is 9.04. The van der Waals surface area contributed by atoms with Gasteiger partial charge in [-0.2, -0.15) is 0 Å². The number of benzene rings is 1. The van der Waals surface area contributed by atoms with Crippen LogP contribution in [-0.2, 0) is 6.54 Å². The molecule has 4 nitrogen and oxygen atoms in total. The van der Waals surface area contributed by atoms with Gasteiger partial charge in [0.2, 0.25) is 0 Å². The van der Waals surface area contributed by atoms with E-state index in [0.717, 1.165) is 28.4 Å². The van der Waals surface area contributed by atoms with E-state index < -0.39 is 0 Å². The highest BCUT2D eigenvalue weighted by Crippen LogP contribution is 2.31. The van der Waals surface area contributed by atoms with Crippen molar-refractivity contribution >= 4 is 32.9 Å². The van der Waals surface area contributed by atoms with E-state index in [9.17, 15) is 0 Å². The number of hydrogen-bond donors (Lipinski definition) is 1. The third-order valence-corrected chi connectivity index (χ3v) is 7.19. The highest BCUT2D eigenvalue weighted by atomic mass is 32.1. The van der Waals surface area contributed by atoms with Gasteiger partial charge in [-0.1, -0.05) is 23.4 Å². The number of thiophene rings is 1. The van der Waals surface area contributed by atoms with Gasteiger partial charge in [0, 0.05) is 24.8 Å². The summed E-state index contributed by atoms with van der Waals surface area (Å²) in [5.41, 5.74) is 2.20. The molecule has 132 valence electrons. The molecule has 1 saturated heterocycles. The SMILES string of the molecule is c1csc(-c2cc(C[NH+]3CCC(c4nc5ccccc5s4)CC3)no2)c1. The molecule has 6 heteroatoms. The second-order valence-electron chi connectivity index (χ2n) is 6.88. The van der Waals surface area contributed by atoms with Crippen LogP contribution in [0.25, 0.3) is 20.9 Å². The van der Waals surface area contributed by atoms with Crippen LogP contribution in [0.2, 0.25) is 0 Å². The fourth-order valence-electron chi connectivity index (χ4n) is 3.70. The lowest BCUT2D eigenvalue weighted by molar-refractivity contribution is -0.919. The molecule has 0 unspecified atom stereocenters. The Labute approximate surface area is 160 Å². The van der Waals surface area contributed by atoms with Crippen molar-refractivity contribution in [1.82, 2.24) is 10.1 Å². The van der Waals surface area contributed by atoms with E-state index >= 15 is 0 Å². The highest BCUT2D eigenvalue weighted by molar-refractivity contribution is 7.18. The van der Waals surface area contributed by atoms with Gasteiger partial charge in [0.1, 0.15) is 12.2 Å². The molecule has 0 saturated carbocycles. The van der Waals surface area contributed by atoms with Crippen LogP contribution >= 0.6 is 22.7 Å². The maximum atomic E-state index is 5.51. The number of quaternary nitrogens is 1. The molecule has 1 aliphatic heterocycles.